The molecule has 1 aliphatic carbocycles. The number of nitrogens with zero attached hydrogens (tertiary/aromatic N) is 5. The fourth-order valence-electron chi connectivity index (χ4n) is 20.1. The Morgan fingerprint density at radius 2 is 0.625 bits per heavy atom. The number of para-hydroxylation sites is 4. The summed E-state index contributed by atoms with van der Waals surface area (Å²) in [5, 5.41) is 6.14. The van der Waals surface area contributed by atoms with Gasteiger partial charge in [-0.15, -0.1) is 0 Å². The maximum atomic E-state index is 12.5. The van der Waals surface area contributed by atoms with Crippen molar-refractivity contribution in [3.8, 4) is 44.8 Å². The highest BCUT2D eigenvalue weighted by molar-refractivity contribution is 6.88. The first-order valence-electron chi connectivity index (χ1n) is 44.0. The lowest BCUT2D eigenvalue weighted by molar-refractivity contribution is 0.0471. The van der Waals surface area contributed by atoms with E-state index in [0.717, 1.165) is 114 Å². The van der Waals surface area contributed by atoms with Gasteiger partial charge in [-0.1, -0.05) is 249 Å². The first kappa shape index (κ1) is 78.4. The van der Waals surface area contributed by atoms with Gasteiger partial charge in [0, 0.05) is 92.0 Å². The van der Waals surface area contributed by atoms with Gasteiger partial charge >= 0.3 is 17.9 Å². The maximum absolute atomic E-state index is 12.5. The molecule has 0 amide bonds. The number of benzene rings is 17. The third-order valence-electron chi connectivity index (χ3n) is 26.1. The summed E-state index contributed by atoms with van der Waals surface area (Å²) in [5.41, 5.74) is 35.1. The Hall–Kier alpha value is -15.6. The molecule has 0 atom stereocenters. The van der Waals surface area contributed by atoms with Crippen molar-refractivity contribution in [1.29, 1.82) is 0 Å². The number of carbonyl (C=O) groups excluding carboxylic acids is 3. The second kappa shape index (κ2) is 32.2. The number of hydrogen-bond acceptors (Lipinski definition) is 9. The summed E-state index contributed by atoms with van der Waals surface area (Å²) >= 11 is 0. The minimum absolute atomic E-state index is 0.226. The van der Waals surface area contributed by atoms with Gasteiger partial charge in [0.25, 0.3) is 0 Å². The molecule has 128 heavy (non-hydrogen) atoms. The zero-order valence-corrected chi connectivity index (χ0v) is 72.5. The molecule has 618 valence electrons. The number of esters is 3. The van der Waals surface area contributed by atoms with E-state index in [1.54, 1.807) is 0 Å². The molecule has 0 unspecified atom stereocenters. The second-order valence-corrected chi connectivity index (χ2v) is 39.7. The number of anilines is 9. The summed E-state index contributed by atoms with van der Waals surface area (Å²) in [5.74, 6) is -0.709. The molecule has 0 bridgehead atoms. The van der Waals surface area contributed by atoms with Crippen LogP contribution in [0.1, 0.15) is 75.6 Å². The smallest absolute Gasteiger partial charge is 0.338 e. The lowest BCUT2D eigenvalue weighted by atomic mass is 9.64. The summed E-state index contributed by atoms with van der Waals surface area (Å²) in [6.07, 6.45) is 2.17. The minimum Gasteiger partial charge on any atom is -0.462 e. The lowest BCUT2D eigenvalue weighted by Gasteiger charge is -2.46. The van der Waals surface area contributed by atoms with Gasteiger partial charge in [-0.05, 0) is 255 Å². The van der Waals surface area contributed by atoms with Crippen molar-refractivity contribution >= 4 is 126 Å². The van der Waals surface area contributed by atoms with Gasteiger partial charge in [0.1, 0.15) is 0 Å². The van der Waals surface area contributed by atoms with Gasteiger partial charge < -0.3 is 38.0 Å². The molecule has 11 nitrogen and oxygen atoms in total. The molecule has 0 radical (unpaired) electrons. The minimum atomic E-state index is -1.64. The predicted molar refractivity (Wildman–Crippen MR) is 523 cm³/mol. The molecule has 12 heteroatoms. The van der Waals surface area contributed by atoms with Gasteiger partial charge in [0.2, 0.25) is 0 Å². The fraction of sp³-hybridized carbons (Fsp3) is 0.0948. The SMILES string of the molecule is Cc1ccc2c(c1)C1(c3ccccc3-c3ccccc31)c1cc([Si](C)(C)C)ccc1N2c1ccc2c(c1)CCOC2=O.O=C1OCCc2cc(-n3c4ccc(-c5ccccc5)cc4c4cc(-c5ccccc5)ccc43)ccc21.O=C1OCCc2cc(-n3c4ccc(N(c5ccccc5)c5ccccc5)cc4c4cc(N(c5ccccc5)c5ccccc5)ccc43)ccc21. The van der Waals surface area contributed by atoms with Crippen LogP contribution in [-0.4, -0.2) is 54.9 Å². The first-order valence-corrected chi connectivity index (χ1v) is 47.5. The van der Waals surface area contributed by atoms with E-state index in [9.17, 15) is 14.4 Å². The summed E-state index contributed by atoms with van der Waals surface area (Å²) in [6.45, 7) is 10.8. The average molecular weight is 1680 g/mol. The zero-order valence-electron chi connectivity index (χ0n) is 71.5. The number of ether oxygens (including phenoxy) is 3. The average Bonchev–Trinajstić information content (AvgIpc) is 1.50. The van der Waals surface area contributed by atoms with Crippen molar-refractivity contribution in [1.82, 2.24) is 9.13 Å². The zero-order chi connectivity index (χ0) is 86.3. The molecule has 0 N–H and O–H groups in total. The van der Waals surface area contributed by atoms with Crippen LogP contribution >= 0.6 is 0 Å². The number of rotatable bonds is 12. The van der Waals surface area contributed by atoms with Crippen LogP contribution in [0.4, 0.5) is 51.2 Å². The Morgan fingerprint density at radius 1 is 0.281 bits per heavy atom. The van der Waals surface area contributed by atoms with E-state index in [0.29, 0.717) is 42.9 Å². The van der Waals surface area contributed by atoms with Crippen molar-refractivity contribution < 1.29 is 28.6 Å². The quantitative estimate of drug-likeness (QED) is 0.0673. The highest BCUT2D eigenvalue weighted by Gasteiger charge is 2.52. The standard InChI is InChI=1S/C45H33N3O2.C38H33NO2Si.C33H23NO2/c49-45-40-24-21-37(29-32(40)27-28-50-45)48-43-25-22-38(46(33-13-5-1-6-14-33)34-15-7-2-8-16-34)30-41(43)42-31-39(23-26-44(42)48)47(35-17-9-3-10-18-35)36-19-11-4-12-20-36;1-24-13-17-35-33(21-24)38(31-11-7-5-9-29(31)30-10-6-8-12-32(30)38)34-23-27(42(2,3)4)15-18-36(34)39(35)26-14-16-28-25(22-26)19-20-41-37(28)40;35-33-28-14-13-27(19-26(28)17-18-36-33)34-31-15-11-24(22-7-3-1-4-8-22)20-29(31)30-21-25(12-16-32(30)34)23-9-5-2-6-10-23/h1-26,29-31H,27-28H2;5-18,21-23H,19-20H2,1-4H3;1-16,19-21H,17-18H2. The Morgan fingerprint density at radius 3 is 1.03 bits per heavy atom. The molecule has 0 saturated carbocycles. The van der Waals surface area contributed by atoms with E-state index >= 15 is 0 Å². The molecule has 6 heterocycles. The third-order valence-corrected chi connectivity index (χ3v) is 28.1. The van der Waals surface area contributed by atoms with E-state index in [1.165, 1.54) is 88.5 Å². The molecule has 19 aromatic rings. The van der Waals surface area contributed by atoms with Gasteiger partial charge in [0.05, 0.1) is 83.4 Å². The molecule has 5 aliphatic rings. The van der Waals surface area contributed by atoms with Gasteiger partial charge in [-0.3, -0.25) is 0 Å². The molecule has 1 spiro atoms. The summed E-state index contributed by atoms with van der Waals surface area (Å²) < 4.78 is 20.6. The number of fused-ring (bicyclic) bond motifs is 18. The Kier molecular flexibility index (Phi) is 19.7. The maximum Gasteiger partial charge on any atom is 0.338 e. The molecule has 17 aromatic carbocycles. The summed E-state index contributed by atoms with van der Waals surface area (Å²) in [6, 6.07) is 140. The highest BCUT2D eigenvalue weighted by atomic mass is 28.3. The van der Waals surface area contributed by atoms with Crippen molar-refractivity contribution in [2.75, 3.05) is 34.5 Å². The van der Waals surface area contributed by atoms with Crippen LogP contribution in [-0.2, 0) is 38.9 Å². The van der Waals surface area contributed by atoms with E-state index < -0.39 is 13.5 Å². The summed E-state index contributed by atoms with van der Waals surface area (Å²) in [4.78, 5) is 44.3. The Bertz CT molecular complexity index is 7250. The number of cyclic esters (lactones) is 3. The largest absolute Gasteiger partial charge is 0.462 e. The van der Waals surface area contributed by atoms with Crippen molar-refractivity contribution in [2.24, 2.45) is 0 Å². The van der Waals surface area contributed by atoms with Crippen LogP contribution in [0.25, 0.3) is 88.4 Å². The molecule has 0 fully saturated rings. The van der Waals surface area contributed by atoms with Crippen LogP contribution in [0.2, 0.25) is 19.6 Å². The van der Waals surface area contributed by atoms with Crippen molar-refractivity contribution in [3.63, 3.8) is 0 Å². The Balaban J connectivity index is 0.000000115. The van der Waals surface area contributed by atoms with Crippen molar-refractivity contribution in [3.05, 3.63) is 456 Å². The van der Waals surface area contributed by atoms with E-state index in [4.69, 9.17) is 14.2 Å². The first-order chi connectivity index (χ1) is 62.8. The number of hydrogen-bond donors (Lipinski definition) is 0. The van der Waals surface area contributed by atoms with E-state index in [1.807, 2.05) is 42.5 Å². The van der Waals surface area contributed by atoms with E-state index in [-0.39, 0.29) is 17.9 Å². The Labute approximate surface area is 744 Å². The molecule has 4 aliphatic heterocycles. The van der Waals surface area contributed by atoms with Crippen LogP contribution in [0.15, 0.2) is 394 Å². The number of aryl methyl sites for hydroxylation is 1. The highest BCUT2D eigenvalue weighted by Crippen LogP contribution is 2.64. The monoisotopic (exact) mass is 1680 g/mol. The normalized spacial score (nSPS) is 13.7. The number of aromatic nitrogens is 2. The molecule has 0 saturated heterocycles. The lowest BCUT2D eigenvalue weighted by Crippen LogP contribution is -2.42. The second-order valence-electron chi connectivity index (χ2n) is 34.6. The third kappa shape index (κ3) is 13.6. The van der Waals surface area contributed by atoms with Crippen LogP contribution in [0, 0.1) is 6.92 Å². The molecular weight excluding hydrogens is 1590 g/mol. The van der Waals surface area contributed by atoms with Gasteiger partial charge in [-0.2, -0.15) is 0 Å². The molecule has 2 aromatic heterocycles. The van der Waals surface area contributed by atoms with Crippen LogP contribution in [0.3, 0.4) is 0 Å². The van der Waals surface area contributed by atoms with E-state index in [2.05, 4.69) is 402 Å². The van der Waals surface area contributed by atoms with Crippen molar-refractivity contribution in [2.45, 2.75) is 51.2 Å². The summed E-state index contributed by atoms with van der Waals surface area (Å²) in [7, 11) is -1.64. The fourth-order valence-corrected chi connectivity index (χ4v) is 21.2. The predicted octanol–water partition coefficient (Wildman–Crippen LogP) is 27.7. The van der Waals surface area contributed by atoms with Gasteiger partial charge in [0.15, 0.2) is 0 Å². The molecular formula is C116H89N5O6Si. The topological polar surface area (TPSA) is 98.5 Å². The molecule has 24 rings (SSSR count). The van der Waals surface area contributed by atoms with Gasteiger partial charge in [-0.25, -0.2) is 14.4 Å². The van der Waals surface area contributed by atoms with Crippen LogP contribution in [0.5, 0.6) is 0 Å². The van der Waals surface area contributed by atoms with Crippen LogP contribution < -0.4 is 19.9 Å². The number of carbonyl (C=O) groups is 3.